The number of hydrogen-bond donors (Lipinski definition) is 3. The fourth-order valence-electron chi connectivity index (χ4n) is 1.87. The van der Waals surface area contributed by atoms with E-state index in [1.54, 1.807) is 23.5 Å². The Hall–Kier alpha value is -1.41. The van der Waals surface area contributed by atoms with Gasteiger partial charge in [0.05, 0.1) is 4.90 Å². The van der Waals surface area contributed by atoms with Gasteiger partial charge in [-0.1, -0.05) is 0 Å². The molecule has 1 unspecified atom stereocenters. The lowest BCUT2D eigenvalue weighted by Crippen LogP contribution is -2.34. The van der Waals surface area contributed by atoms with Gasteiger partial charge in [-0.25, -0.2) is 13.1 Å². The molecule has 0 radical (unpaired) electrons. The van der Waals surface area contributed by atoms with E-state index in [9.17, 15) is 8.42 Å². The molecule has 7 heteroatoms. The van der Waals surface area contributed by atoms with Crippen molar-refractivity contribution < 1.29 is 8.42 Å². The number of rotatable bonds is 6. The molecule has 0 aliphatic rings. The van der Waals surface area contributed by atoms with Gasteiger partial charge in [-0.2, -0.15) is 11.3 Å². The average molecular weight is 311 g/mol. The summed E-state index contributed by atoms with van der Waals surface area (Å²) in [6, 6.07) is 8.12. The SMILES string of the molecule is CC(Cc1ccsc1)NS(=O)(=O)c1ccc(NN)cc1. The molecule has 0 saturated carbocycles. The highest BCUT2D eigenvalue weighted by molar-refractivity contribution is 7.89. The summed E-state index contributed by atoms with van der Waals surface area (Å²) in [5.74, 6) is 5.25. The molecule has 1 atom stereocenters. The Balaban J connectivity index is 2.05. The van der Waals surface area contributed by atoms with E-state index in [1.807, 2.05) is 23.8 Å². The van der Waals surface area contributed by atoms with E-state index >= 15 is 0 Å². The third-order valence-corrected chi connectivity index (χ3v) is 5.15. The summed E-state index contributed by atoms with van der Waals surface area (Å²) in [4.78, 5) is 0.230. The number of hydrazine groups is 1. The summed E-state index contributed by atoms with van der Waals surface area (Å²) in [7, 11) is -3.50. The van der Waals surface area contributed by atoms with Crippen molar-refractivity contribution in [3.8, 4) is 0 Å². The third-order valence-electron chi connectivity index (χ3n) is 2.81. The van der Waals surface area contributed by atoms with E-state index in [-0.39, 0.29) is 10.9 Å². The highest BCUT2D eigenvalue weighted by atomic mass is 32.2. The smallest absolute Gasteiger partial charge is 0.240 e. The fourth-order valence-corrected chi connectivity index (χ4v) is 3.79. The van der Waals surface area contributed by atoms with E-state index in [2.05, 4.69) is 10.1 Å². The molecule has 20 heavy (non-hydrogen) atoms. The standard InChI is InChI=1S/C13H17N3O2S2/c1-10(8-11-6-7-19-9-11)16-20(17,18)13-4-2-12(15-14)3-5-13/h2-7,9-10,15-16H,8,14H2,1H3. The van der Waals surface area contributed by atoms with Crippen molar-refractivity contribution in [3.05, 3.63) is 46.7 Å². The van der Waals surface area contributed by atoms with Crippen LogP contribution in [0.3, 0.4) is 0 Å². The lowest BCUT2D eigenvalue weighted by molar-refractivity contribution is 0.560. The largest absolute Gasteiger partial charge is 0.324 e. The molecular weight excluding hydrogens is 294 g/mol. The number of nitrogens with one attached hydrogen (secondary N) is 2. The minimum absolute atomic E-state index is 0.165. The van der Waals surface area contributed by atoms with Crippen LogP contribution in [0, 0.1) is 0 Å². The van der Waals surface area contributed by atoms with Gasteiger partial charge in [-0.3, -0.25) is 5.84 Å². The van der Waals surface area contributed by atoms with Crippen molar-refractivity contribution in [1.82, 2.24) is 4.72 Å². The Bertz CT molecular complexity index is 637. The highest BCUT2D eigenvalue weighted by Crippen LogP contribution is 2.15. The molecule has 0 fully saturated rings. The van der Waals surface area contributed by atoms with Gasteiger partial charge in [0.2, 0.25) is 10.0 Å². The Morgan fingerprint density at radius 3 is 2.50 bits per heavy atom. The monoisotopic (exact) mass is 311 g/mol. The second kappa shape index (κ2) is 6.36. The first-order valence-electron chi connectivity index (χ1n) is 6.11. The maximum atomic E-state index is 12.2. The molecule has 0 amide bonds. The van der Waals surface area contributed by atoms with Gasteiger partial charge in [0, 0.05) is 11.7 Å². The molecule has 0 aliphatic carbocycles. The molecular formula is C13H17N3O2S2. The lowest BCUT2D eigenvalue weighted by atomic mass is 10.1. The molecule has 0 bridgehead atoms. The number of anilines is 1. The Morgan fingerprint density at radius 1 is 1.25 bits per heavy atom. The number of nitrogens with two attached hydrogens (primary N) is 1. The summed E-state index contributed by atoms with van der Waals surface area (Å²) >= 11 is 1.60. The molecule has 5 nitrogen and oxygen atoms in total. The second-order valence-electron chi connectivity index (χ2n) is 4.53. The van der Waals surface area contributed by atoms with Crippen LogP contribution in [-0.2, 0) is 16.4 Å². The van der Waals surface area contributed by atoms with Crippen LogP contribution in [0.1, 0.15) is 12.5 Å². The van der Waals surface area contributed by atoms with E-state index in [1.165, 1.54) is 12.1 Å². The van der Waals surface area contributed by atoms with Gasteiger partial charge in [-0.05, 0) is 60.0 Å². The number of sulfonamides is 1. The second-order valence-corrected chi connectivity index (χ2v) is 7.02. The van der Waals surface area contributed by atoms with E-state index in [4.69, 9.17) is 5.84 Å². The molecule has 1 heterocycles. The van der Waals surface area contributed by atoms with Crippen LogP contribution in [0.25, 0.3) is 0 Å². The van der Waals surface area contributed by atoms with Crippen LogP contribution in [0.5, 0.6) is 0 Å². The summed E-state index contributed by atoms with van der Waals surface area (Å²) in [5, 5.41) is 4.00. The normalized spacial score (nSPS) is 13.1. The summed E-state index contributed by atoms with van der Waals surface area (Å²) in [6.07, 6.45) is 0.672. The Labute approximate surface area is 122 Å². The van der Waals surface area contributed by atoms with Crippen molar-refractivity contribution in [3.63, 3.8) is 0 Å². The van der Waals surface area contributed by atoms with Crippen LogP contribution in [-0.4, -0.2) is 14.5 Å². The zero-order valence-corrected chi connectivity index (χ0v) is 12.7. The summed E-state index contributed by atoms with van der Waals surface area (Å²) < 4.78 is 27.1. The number of benzene rings is 1. The van der Waals surface area contributed by atoms with Gasteiger partial charge in [-0.15, -0.1) is 0 Å². The van der Waals surface area contributed by atoms with Crippen molar-refractivity contribution >= 4 is 27.0 Å². The number of hydrogen-bond acceptors (Lipinski definition) is 5. The fraction of sp³-hybridized carbons (Fsp3) is 0.231. The third kappa shape index (κ3) is 3.80. The number of thiophene rings is 1. The lowest BCUT2D eigenvalue weighted by Gasteiger charge is -2.14. The highest BCUT2D eigenvalue weighted by Gasteiger charge is 2.17. The minimum atomic E-state index is -3.50. The molecule has 2 aromatic rings. The molecule has 1 aromatic carbocycles. The van der Waals surface area contributed by atoms with Gasteiger partial charge in [0.15, 0.2) is 0 Å². The molecule has 0 aliphatic heterocycles. The first kappa shape index (κ1) is 15.0. The predicted octanol–water partition coefficient (Wildman–Crippen LogP) is 1.94. The summed E-state index contributed by atoms with van der Waals surface area (Å²) in [5.41, 5.74) is 4.26. The zero-order chi connectivity index (χ0) is 14.6. The van der Waals surface area contributed by atoms with Crippen LogP contribution in [0.15, 0.2) is 46.0 Å². The first-order valence-corrected chi connectivity index (χ1v) is 8.54. The molecule has 1 aromatic heterocycles. The molecule has 0 spiro atoms. The van der Waals surface area contributed by atoms with E-state index in [0.29, 0.717) is 12.1 Å². The quantitative estimate of drug-likeness (QED) is 0.562. The van der Waals surface area contributed by atoms with Crippen LogP contribution < -0.4 is 16.0 Å². The van der Waals surface area contributed by atoms with Crippen molar-refractivity contribution in [2.45, 2.75) is 24.3 Å². The molecule has 0 saturated heterocycles. The van der Waals surface area contributed by atoms with Crippen LogP contribution in [0.4, 0.5) is 5.69 Å². The van der Waals surface area contributed by atoms with Gasteiger partial charge in [0.1, 0.15) is 0 Å². The summed E-state index contributed by atoms with van der Waals surface area (Å²) in [6.45, 7) is 1.85. The van der Waals surface area contributed by atoms with Crippen molar-refractivity contribution in [1.29, 1.82) is 0 Å². The molecule has 4 N–H and O–H groups in total. The maximum Gasteiger partial charge on any atom is 0.240 e. The Kier molecular flexibility index (Phi) is 4.77. The Morgan fingerprint density at radius 2 is 1.95 bits per heavy atom. The van der Waals surface area contributed by atoms with E-state index in [0.717, 1.165) is 5.56 Å². The zero-order valence-electron chi connectivity index (χ0n) is 11.0. The van der Waals surface area contributed by atoms with E-state index < -0.39 is 10.0 Å². The van der Waals surface area contributed by atoms with Crippen molar-refractivity contribution in [2.75, 3.05) is 5.43 Å². The van der Waals surface area contributed by atoms with Gasteiger partial charge in [0.25, 0.3) is 0 Å². The van der Waals surface area contributed by atoms with Crippen LogP contribution >= 0.6 is 11.3 Å². The minimum Gasteiger partial charge on any atom is -0.324 e. The maximum absolute atomic E-state index is 12.2. The average Bonchev–Trinajstić information content (AvgIpc) is 2.91. The predicted molar refractivity (Wildman–Crippen MR) is 82.1 cm³/mol. The van der Waals surface area contributed by atoms with Crippen LogP contribution in [0.2, 0.25) is 0 Å². The van der Waals surface area contributed by atoms with Crippen molar-refractivity contribution in [2.24, 2.45) is 5.84 Å². The van der Waals surface area contributed by atoms with Gasteiger partial charge < -0.3 is 5.43 Å². The number of nitrogen functional groups attached to an aromatic ring is 1. The topological polar surface area (TPSA) is 84.2 Å². The molecule has 2 rings (SSSR count). The van der Waals surface area contributed by atoms with Gasteiger partial charge >= 0.3 is 0 Å². The molecule has 108 valence electrons. The first-order chi connectivity index (χ1) is 9.51.